The number of benzene rings is 1. The summed E-state index contributed by atoms with van der Waals surface area (Å²) < 4.78 is 18.7. The van der Waals surface area contributed by atoms with Gasteiger partial charge in [0, 0.05) is 23.4 Å². The van der Waals surface area contributed by atoms with Crippen molar-refractivity contribution < 1.29 is 14.1 Å². The third kappa shape index (κ3) is 4.61. The number of aryl methyl sites for hydroxylation is 1. The molecule has 3 aromatic rings. The first kappa shape index (κ1) is 23.7. The number of aromatic nitrogens is 3. The monoisotopic (exact) mass is 494 g/mol. The number of urea groups is 1. The fourth-order valence-electron chi connectivity index (χ4n) is 4.63. The maximum Gasteiger partial charge on any atom is 0.354 e. The highest BCUT2D eigenvalue weighted by molar-refractivity contribution is 7.91. The van der Waals surface area contributed by atoms with Crippen molar-refractivity contribution in [2.45, 2.75) is 69.4 Å². The van der Waals surface area contributed by atoms with Crippen LogP contribution < -0.4 is 10.5 Å². The zero-order valence-corrected chi connectivity index (χ0v) is 20.9. The Morgan fingerprint density at radius 1 is 1.26 bits per heavy atom. The number of anilines is 1. The first-order chi connectivity index (χ1) is 16.5. The van der Waals surface area contributed by atoms with E-state index in [0.29, 0.717) is 23.0 Å². The average molecular weight is 495 g/mol. The molecule has 2 amide bonds. The largest absolute Gasteiger partial charge is 0.384 e. The standard InChI is InChI=1S/C25H30N6O3S/c1-15-22(16-12-13-16)27-19-11-7-10-18(19)23(15)28-24(32)30-35(26,34)21-14-20(25(2,3)33)31(29-21)17-8-5-4-6-9-17/h4-6,8-9,14,16,33H,7,10-13H2,1-3H3,(H3,26,27,28,30,32,34)/t35-/m1/s1. The molecular formula is C25H30N6O3S. The van der Waals surface area contributed by atoms with Gasteiger partial charge in [-0.15, -0.1) is 4.36 Å². The van der Waals surface area contributed by atoms with Gasteiger partial charge >= 0.3 is 6.03 Å². The molecule has 1 aromatic carbocycles. The van der Waals surface area contributed by atoms with E-state index in [-0.39, 0.29) is 5.03 Å². The van der Waals surface area contributed by atoms with Gasteiger partial charge in [-0.25, -0.2) is 18.8 Å². The summed E-state index contributed by atoms with van der Waals surface area (Å²) in [6, 6.07) is 9.77. The van der Waals surface area contributed by atoms with E-state index in [2.05, 4.69) is 14.8 Å². The van der Waals surface area contributed by atoms with Crippen LogP contribution in [0.5, 0.6) is 0 Å². The molecule has 0 aliphatic heterocycles. The maximum atomic E-state index is 13.4. The Kier molecular flexibility index (Phi) is 5.77. The Balaban J connectivity index is 1.51. The number of amides is 2. The van der Waals surface area contributed by atoms with Crippen molar-refractivity contribution in [3.05, 3.63) is 64.6 Å². The molecule has 0 unspecified atom stereocenters. The molecule has 10 heteroatoms. The molecule has 2 aliphatic rings. The van der Waals surface area contributed by atoms with Crippen molar-refractivity contribution in [3.63, 3.8) is 0 Å². The summed E-state index contributed by atoms with van der Waals surface area (Å²) in [5.74, 6) is 0.439. The van der Waals surface area contributed by atoms with Crippen molar-refractivity contribution in [2.75, 3.05) is 5.32 Å². The minimum atomic E-state index is -3.69. The summed E-state index contributed by atoms with van der Waals surface area (Å²) in [6.45, 7) is 5.16. The fourth-order valence-corrected chi connectivity index (χ4v) is 5.50. The van der Waals surface area contributed by atoms with Gasteiger partial charge in [0.05, 0.1) is 17.1 Å². The van der Waals surface area contributed by atoms with Crippen molar-refractivity contribution in [2.24, 2.45) is 9.50 Å². The summed E-state index contributed by atoms with van der Waals surface area (Å²) in [7, 11) is -3.69. The Morgan fingerprint density at radius 2 is 1.97 bits per heavy atom. The second kappa shape index (κ2) is 8.54. The summed E-state index contributed by atoms with van der Waals surface area (Å²) in [6.07, 6.45) is 4.92. The maximum absolute atomic E-state index is 13.4. The van der Waals surface area contributed by atoms with Gasteiger partial charge in [-0.2, -0.15) is 5.10 Å². The van der Waals surface area contributed by atoms with Crippen LogP contribution >= 0.6 is 0 Å². The fraction of sp³-hybridized carbons (Fsp3) is 0.400. The van der Waals surface area contributed by atoms with Crippen LogP contribution in [-0.4, -0.2) is 30.1 Å². The molecule has 2 aromatic heterocycles. The zero-order valence-electron chi connectivity index (χ0n) is 20.1. The lowest BCUT2D eigenvalue weighted by atomic mass is 10.0. The molecule has 1 atom stereocenters. The second-order valence-corrected chi connectivity index (χ2v) is 11.6. The quantitative estimate of drug-likeness (QED) is 0.491. The summed E-state index contributed by atoms with van der Waals surface area (Å²) in [5.41, 5.74) is 4.48. The van der Waals surface area contributed by atoms with Gasteiger partial charge in [-0.3, -0.25) is 4.98 Å². The third-order valence-electron chi connectivity index (χ3n) is 6.53. The minimum Gasteiger partial charge on any atom is -0.384 e. The lowest BCUT2D eigenvalue weighted by molar-refractivity contribution is 0.0711. The van der Waals surface area contributed by atoms with Gasteiger partial charge in [0.1, 0.15) is 5.60 Å². The van der Waals surface area contributed by atoms with E-state index in [0.717, 1.165) is 54.6 Å². The molecule has 0 bridgehead atoms. The number of pyridine rings is 1. The number of rotatable bonds is 5. The van der Waals surface area contributed by atoms with Crippen LogP contribution in [0.4, 0.5) is 10.5 Å². The van der Waals surface area contributed by atoms with E-state index in [1.54, 1.807) is 26.0 Å². The normalized spacial score (nSPS) is 17.1. The first-order valence-electron chi connectivity index (χ1n) is 11.8. The molecule has 2 heterocycles. The molecule has 35 heavy (non-hydrogen) atoms. The molecular weight excluding hydrogens is 464 g/mol. The molecule has 5 rings (SSSR count). The lowest BCUT2D eigenvalue weighted by Gasteiger charge is -2.18. The Morgan fingerprint density at radius 3 is 2.63 bits per heavy atom. The van der Waals surface area contributed by atoms with Crippen LogP contribution in [0.15, 0.2) is 45.8 Å². The Hall–Kier alpha value is -3.08. The predicted molar refractivity (Wildman–Crippen MR) is 134 cm³/mol. The van der Waals surface area contributed by atoms with E-state index in [1.165, 1.54) is 10.7 Å². The molecule has 4 N–H and O–H groups in total. The number of carbonyl (C=O) groups is 1. The van der Waals surface area contributed by atoms with Gasteiger partial charge in [-0.05, 0) is 76.1 Å². The zero-order chi connectivity index (χ0) is 25.0. The van der Waals surface area contributed by atoms with Crippen LogP contribution in [0.1, 0.15) is 67.2 Å². The predicted octanol–water partition coefficient (Wildman–Crippen LogP) is 4.10. The number of hydrogen-bond donors (Lipinski definition) is 3. The molecule has 9 nitrogen and oxygen atoms in total. The number of para-hydroxylation sites is 1. The molecule has 0 saturated heterocycles. The van der Waals surface area contributed by atoms with Gasteiger partial charge < -0.3 is 10.4 Å². The molecule has 0 radical (unpaired) electrons. The number of aliphatic hydroxyl groups is 1. The smallest absolute Gasteiger partial charge is 0.354 e. The van der Waals surface area contributed by atoms with E-state index in [9.17, 15) is 14.1 Å². The third-order valence-corrected chi connectivity index (χ3v) is 7.77. The van der Waals surface area contributed by atoms with Crippen molar-refractivity contribution in [1.82, 2.24) is 14.8 Å². The molecule has 0 spiro atoms. The summed E-state index contributed by atoms with van der Waals surface area (Å²) in [5, 5.41) is 23.9. The van der Waals surface area contributed by atoms with Gasteiger partial charge in [0.15, 0.2) is 14.9 Å². The van der Waals surface area contributed by atoms with E-state index in [4.69, 9.17) is 10.1 Å². The second-order valence-electron chi connectivity index (χ2n) is 9.81. The van der Waals surface area contributed by atoms with Crippen LogP contribution in [0.3, 0.4) is 0 Å². The van der Waals surface area contributed by atoms with E-state index in [1.807, 2.05) is 25.1 Å². The van der Waals surface area contributed by atoms with Crippen LogP contribution in [0.2, 0.25) is 0 Å². The molecule has 184 valence electrons. The van der Waals surface area contributed by atoms with Gasteiger partial charge in [0.25, 0.3) is 0 Å². The highest BCUT2D eigenvalue weighted by Crippen LogP contribution is 2.44. The van der Waals surface area contributed by atoms with Gasteiger partial charge in [-0.1, -0.05) is 18.2 Å². The van der Waals surface area contributed by atoms with Gasteiger partial charge in [0.2, 0.25) is 0 Å². The number of nitrogens with zero attached hydrogens (tertiary/aromatic N) is 4. The summed E-state index contributed by atoms with van der Waals surface area (Å²) in [4.78, 5) is 17.8. The number of hydrogen-bond acceptors (Lipinski definition) is 5. The Bertz CT molecular complexity index is 1430. The van der Waals surface area contributed by atoms with Crippen LogP contribution in [0, 0.1) is 6.92 Å². The molecule has 1 fully saturated rings. The number of nitrogens with two attached hydrogens (primary N) is 1. The minimum absolute atomic E-state index is 0.0797. The van der Waals surface area contributed by atoms with E-state index >= 15 is 0 Å². The lowest BCUT2D eigenvalue weighted by Crippen LogP contribution is -2.20. The van der Waals surface area contributed by atoms with Crippen molar-refractivity contribution >= 4 is 21.6 Å². The Labute approximate surface area is 205 Å². The van der Waals surface area contributed by atoms with Crippen LogP contribution in [-0.2, 0) is 28.4 Å². The van der Waals surface area contributed by atoms with Crippen LogP contribution in [0.25, 0.3) is 5.69 Å². The summed E-state index contributed by atoms with van der Waals surface area (Å²) >= 11 is 0. The highest BCUT2D eigenvalue weighted by atomic mass is 32.2. The number of fused-ring (bicyclic) bond motifs is 1. The van der Waals surface area contributed by atoms with Crippen molar-refractivity contribution in [1.29, 1.82) is 0 Å². The molecule has 2 aliphatic carbocycles. The number of nitrogens with one attached hydrogen (secondary N) is 1. The molecule has 1 saturated carbocycles. The highest BCUT2D eigenvalue weighted by Gasteiger charge is 2.32. The number of carbonyl (C=O) groups excluding carboxylic acids is 1. The SMILES string of the molecule is Cc1c(C2CC2)nc2c(c1NC(=O)N=[S@@](N)(=O)c1cc(C(C)(C)O)n(-c3ccccc3)n1)CCC2. The van der Waals surface area contributed by atoms with E-state index < -0.39 is 21.5 Å². The topological polar surface area (TPSA) is 135 Å². The average Bonchev–Trinajstić information content (AvgIpc) is 3.33. The van der Waals surface area contributed by atoms with Crippen molar-refractivity contribution in [3.8, 4) is 5.69 Å². The first-order valence-corrected chi connectivity index (χ1v) is 13.4.